The summed E-state index contributed by atoms with van der Waals surface area (Å²) in [6.45, 7) is 3.18. The standard InChI is InChI=1S/C17H21N5O4S/c1-12-10-16(21-8-6-14(7-9-21)20-27(2,25)26)19-17(18-12)13-4-3-5-15(11-13)22(23)24/h3-5,10-11,14,20H,6-9H2,1-2H3. The summed E-state index contributed by atoms with van der Waals surface area (Å²) < 4.78 is 25.4. The number of non-ortho nitro benzene ring substituents is 1. The first kappa shape index (κ1) is 19.2. The van der Waals surface area contributed by atoms with Crippen molar-refractivity contribution in [1.29, 1.82) is 0 Å². The third-order valence-electron chi connectivity index (χ3n) is 4.36. The van der Waals surface area contributed by atoms with Crippen LogP contribution in [0.1, 0.15) is 18.5 Å². The van der Waals surface area contributed by atoms with Crippen molar-refractivity contribution in [3.63, 3.8) is 0 Å². The maximum Gasteiger partial charge on any atom is 0.270 e. The summed E-state index contributed by atoms with van der Waals surface area (Å²) in [5, 5.41) is 11.0. The predicted molar refractivity (Wildman–Crippen MR) is 102 cm³/mol. The SMILES string of the molecule is Cc1cc(N2CCC(NS(C)(=O)=O)CC2)nc(-c2cccc([N+](=O)[O-])c2)n1. The minimum atomic E-state index is -3.22. The zero-order valence-electron chi connectivity index (χ0n) is 15.1. The molecule has 2 heterocycles. The topological polar surface area (TPSA) is 118 Å². The van der Waals surface area contributed by atoms with Crippen molar-refractivity contribution in [3.8, 4) is 11.4 Å². The number of hydrogen-bond acceptors (Lipinski definition) is 7. The molecule has 0 unspecified atom stereocenters. The van der Waals surface area contributed by atoms with Crippen LogP contribution in [0.3, 0.4) is 0 Å². The number of piperidine rings is 1. The Balaban J connectivity index is 1.81. The highest BCUT2D eigenvalue weighted by molar-refractivity contribution is 7.88. The smallest absolute Gasteiger partial charge is 0.270 e. The molecular formula is C17H21N5O4S. The van der Waals surface area contributed by atoms with Crippen LogP contribution in [0.5, 0.6) is 0 Å². The average molecular weight is 391 g/mol. The summed E-state index contributed by atoms with van der Waals surface area (Å²) in [7, 11) is -3.22. The molecule has 2 aromatic rings. The van der Waals surface area contributed by atoms with E-state index in [9.17, 15) is 18.5 Å². The average Bonchev–Trinajstić information content (AvgIpc) is 2.60. The van der Waals surface area contributed by atoms with E-state index in [-0.39, 0.29) is 11.7 Å². The van der Waals surface area contributed by atoms with Crippen LogP contribution in [0.15, 0.2) is 30.3 Å². The van der Waals surface area contributed by atoms with Gasteiger partial charge in [-0.1, -0.05) is 12.1 Å². The number of aryl methyl sites for hydroxylation is 1. The van der Waals surface area contributed by atoms with Crippen molar-refractivity contribution in [2.75, 3.05) is 24.2 Å². The minimum absolute atomic E-state index is 0.00757. The van der Waals surface area contributed by atoms with Crippen LogP contribution in [0.25, 0.3) is 11.4 Å². The lowest BCUT2D eigenvalue weighted by Gasteiger charge is -2.33. The molecule has 0 spiro atoms. The second kappa shape index (κ2) is 7.57. The number of nitrogens with zero attached hydrogens (tertiary/aromatic N) is 4. The Morgan fingerprint density at radius 2 is 1.93 bits per heavy atom. The molecule has 1 saturated heterocycles. The molecule has 3 rings (SSSR count). The van der Waals surface area contributed by atoms with Crippen LogP contribution in [0, 0.1) is 17.0 Å². The van der Waals surface area contributed by atoms with Gasteiger partial charge in [-0.15, -0.1) is 0 Å². The third-order valence-corrected chi connectivity index (χ3v) is 5.12. The zero-order chi connectivity index (χ0) is 19.6. The molecule has 1 aliphatic rings. The molecular weight excluding hydrogens is 370 g/mol. The first-order valence-electron chi connectivity index (χ1n) is 8.54. The maximum absolute atomic E-state index is 11.4. The first-order chi connectivity index (χ1) is 12.7. The number of nitrogens with one attached hydrogen (secondary N) is 1. The van der Waals surface area contributed by atoms with Crippen LogP contribution in [0.4, 0.5) is 11.5 Å². The highest BCUT2D eigenvalue weighted by Crippen LogP contribution is 2.25. The third kappa shape index (κ3) is 4.98. The Bertz CT molecular complexity index is 956. The van der Waals surface area contributed by atoms with Gasteiger partial charge in [0.25, 0.3) is 5.69 Å². The van der Waals surface area contributed by atoms with Gasteiger partial charge in [0.2, 0.25) is 10.0 Å². The maximum atomic E-state index is 11.4. The summed E-state index contributed by atoms with van der Waals surface area (Å²) in [5.41, 5.74) is 1.34. The molecule has 0 aliphatic carbocycles. The van der Waals surface area contributed by atoms with E-state index < -0.39 is 14.9 Å². The zero-order valence-corrected chi connectivity index (χ0v) is 15.9. The summed E-state index contributed by atoms with van der Waals surface area (Å²) in [5.74, 6) is 1.17. The molecule has 0 amide bonds. The van der Waals surface area contributed by atoms with E-state index in [1.807, 2.05) is 13.0 Å². The minimum Gasteiger partial charge on any atom is -0.356 e. The van der Waals surface area contributed by atoms with Crippen LogP contribution >= 0.6 is 0 Å². The van der Waals surface area contributed by atoms with Gasteiger partial charge in [-0.3, -0.25) is 10.1 Å². The predicted octanol–water partition coefficient (Wildman–Crippen LogP) is 1.88. The van der Waals surface area contributed by atoms with Crippen LogP contribution in [0.2, 0.25) is 0 Å². The normalized spacial score (nSPS) is 15.7. The van der Waals surface area contributed by atoms with Gasteiger partial charge in [-0.2, -0.15) is 0 Å². The quantitative estimate of drug-likeness (QED) is 0.610. The molecule has 144 valence electrons. The fourth-order valence-corrected chi connectivity index (χ4v) is 3.97. The number of sulfonamides is 1. The van der Waals surface area contributed by atoms with E-state index in [1.165, 1.54) is 18.4 Å². The molecule has 1 N–H and O–H groups in total. The molecule has 1 aromatic heterocycles. The van der Waals surface area contributed by atoms with Crippen molar-refractivity contribution in [1.82, 2.24) is 14.7 Å². The van der Waals surface area contributed by atoms with Crippen LogP contribution in [-0.2, 0) is 10.0 Å². The molecule has 10 heteroatoms. The number of hydrogen-bond donors (Lipinski definition) is 1. The second-order valence-electron chi connectivity index (χ2n) is 6.65. The molecule has 9 nitrogen and oxygen atoms in total. The van der Waals surface area contributed by atoms with E-state index >= 15 is 0 Å². The van der Waals surface area contributed by atoms with E-state index in [4.69, 9.17) is 0 Å². The van der Waals surface area contributed by atoms with E-state index in [1.54, 1.807) is 12.1 Å². The van der Waals surface area contributed by atoms with Gasteiger partial charge < -0.3 is 4.90 Å². The van der Waals surface area contributed by atoms with Gasteiger partial charge in [0, 0.05) is 48.6 Å². The fraction of sp³-hybridized carbons (Fsp3) is 0.412. The lowest BCUT2D eigenvalue weighted by molar-refractivity contribution is -0.384. The Labute approximate surface area is 157 Å². The number of aromatic nitrogens is 2. The number of nitro benzene ring substituents is 1. The molecule has 0 saturated carbocycles. The van der Waals surface area contributed by atoms with Crippen molar-refractivity contribution in [2.24, 2.45) is 0 Å². The van der Waals surface area contributed by atoms with Crippen molar-refractivity contribution >= 4 is 21.5 Å². The lowest BCUT2D eigenvalue weighted by Crippen LogP contribution is -2.44. The van der Waals surface area contributed by atoms with Gasteiger partial charge in [0.15, 0.2) is 5.82 Å². The van der Waals surface area contributed by atoms with Crippen LogP contribution in [-0.4, -0.2) is 48.7 Å². The number of nitro groups is 1. The Kier molecular flexibility index (Phi) is 5.38. The van der Waals surface area contributed by atoms with Crippen molar-refractivity contribution in [3.05, 3.63) is 46.1 Å². The van der Waals surface area contributed by atoms with E-state index in [2.05, 4.69) is 19.6 Å². The monoisotopic (exact) mass is 391 g/mol. The molecule has 0 atom stereocenters. The van der Waals surface area contributed by atoms with Gasteiger partial charge >= 0.3 is 0 Å². The molecule has 27 heavy (non-hydrogen) atoms. The van der Waals surface area contributed by atoms with Gasteiger partial charge in [0.1, 0.15) is 5.82 Å². The molecule has 1 aromatic carbocycles. The first-order valence-corrected chi connectivity index (χ1v) is 10.4. The number of rotatable bonds is 5. The van der Waals surface area contributed by atoms with Gasteiger partial charge in [-0.05, 0) is 19.8 Å². The second-order valence-corrected chi connectivity index (χ2v) is 8.43. The van der Waals surface area contributed by atoms with Crippen LogP contribution < -0.4 is 9.62 Å². The Morgan fingerprint density at radius 1 is 1.22 bits per heavy atom. The largest absolute Gasteiger partial charge is 0.356 e. The van der Waals surface area contributed by atoms with E-state index in [0.717, 1.165) is 11.5 Å². The number of benzene rings is 1. The molecule has 0 bridgehead atoms. The molecule has 0 radical (unpaired) electrons. The fourth-order valence-electron chi connectivity index (χ4n) is 3.13. The number of anilines is 1. The van der Waals surface area contributed by atoms with Gasteiger partial charge in [0.05, 0.1) is 11.2 Å². The summed E-state index contributed by atoms with van der Waals surface area (Å²) in [4.78, 5) is 21.6. The summed E-state index contributed by atoms with van der Waals surface area (Å²) in [6, 6.07) is 8.04. The Hall–Kier alpha value is -2.59. The van der Waals surface area contributed by atoms with E-state index in [0.29, 0.717) is 37.3 Å². The summed E-state index contributed by atoms with van der Waals surface area (Å²) in [6.07, 6.45) is 2.53. The molecule has 1 fully saturated rings. The molecule has 1 aliphatic heterocycles. The Morgan fingerprint density at radius 3 is 2.56 bits per heavy atom. The highest BCUT2D eigenvalue weighted by Gasteiger charge is 2.23. The highest BCUT2D eigenvalue weighted by atomic mass is 32.2. The summed E-state index contributed by atoms with van der Waals surface area (Å²) >= 11 is 0. The van der Waals surface area contributed by atoms with Crippen molar-refractivity contribution in [2.45, 2.75) is 25.8 Å². The van der Waals surface area contributed by atoms with Gasteiger partial charge in [-0.25, -0.2) is 23.1 Å². The van der Waals surface area contributed by atoms with Crippen molar-refractivity contribution < 1.29 is 13.3 Å². The lowest BCUT2D eigenvalue weighted by atomic mass is 10.1.